The van der Waals surface area contributed by atoms with Crippen molar-refractivity contribution in [3.8, 4) is 11.5 Å². The van der Waals surface area contributed by atoms with Crippen LogP contribution in [0.3, 0.4) is 0 Å². The van der Waals surface area contributed by atoms with Gasteiger partial charge in [-0.2, -0.15) is 0 Å². The first kappa shape index (κ1) is 20.7. The summed E-state index contributed by atoms with van der Waals surface area (Å²) in [5.74, 6) is 1.22. The highest BCUT2D eigenvalue weighted by atomic mass is 16.5. The summed E-state index contributed by atoms with van der Waals surface area (Å²) in [5.41, 5.74) is 2.09. The minimum atomic E-state index is -0.189. The standard InChI is InChI=1S/C22H27N3O4/c1-23-22(27)15-5-4-6-17(11-15)24-21(26)14-25(18-7-8-18)13-16-12-19(28-2)9-10-20(16)29-3/h4-6,9-12,18H,7-8,13-14H2,1-3H3,(H,23,27)(H,24,26). The van der Waals surface area contributed by atoms with Crippen LogP contribution in [0.2, 0.25) is 0 Å². The Bertz CT molecular complexity index is 880. The molecule has 1 fully saturated rings. The van der Waals surface area contributed by atoms with Crippen molar-refractivity contribution in [1.82, 2.24) is 10.2 Å². The number of ether oxygens (including phenoxy) is 2. The second-order valence-electron chi connectivity index (χ2n) is 7.02. The summed E-state index contributed by atoms with van der Waals surface area (Å²) >= 11 is 0. The van der Waals surface area contributed by atoms with Gasteiger partial charge in [0.1, 0.15) is 11.5 Å². The lowest BCUT2D eigenvalue weighted by Gasteiger charge is -2.23. The molecule has 0 spiro atoms. The minimum Gasteiger partial charge on any atom is -0.497 e. The van der Waals surface area contributed by atoms with Crippen LogP contribution in [0.15, 0.2) is 42.5 Å². The van der Waals surface area contributed by atoms with E-state index in [1.807, 2.05) is 18.2 Å². The zero-order valence-electron chi connectivity index (χ0n) is 17.0. The van der Waals surface area contributed by atoms with E-state index in [0.717, 1.165) is 29.9 Å². The molecule has 1 saturated carbocycles. The van der Waals surface area contributed by atoms with E-state index in [1.54, 1.807) is 45.5 Å². The zero-order valence-corrected chi connectivity index (χ0v) is 17.0. The van der Waals surface area contributed by atoms with Crippen molar-refractivity contribution in [1.29, 1.82) is 0 Å². The summed E-state index contributed by atoms with van der Waals surface area (Å²) in [4.78, 5) is 26.6. The summed E-state index contributed by atoms with van der Waals surface area (Å²) in [6.45, 7) is 0.853. The molecule has 0 saturated heterocycles. The molecular formula is C22H27N3O4. The van der Waals surface area contributed by atoms with Gasteiger partial charge in [-0.15, -0.1) is 0 Å². The molecule has 2 N–H and O–H groups in total. The van der Waals surface area contributed by atoms with Crippen molar-refractivity contribution in [3.63, 3.8) is 0 Å². The Hall–Kier alpha value is -3.06. The summed E-state index contributed by atoms with van der Waals surface area (Å²) in [6.07, 6.45) is 2.15. The van der Waals surface area contributed by atoms with E-state index in [-0.39, 0.29) is 18.4 Å². The molecule has 0 aliphatic heterocycles. The van der Waals surface area contributed by atoms with Crippen molar-refractivity contribution in [2.45, 2.75) is 25.4 Å². The van der Waals surface area contributed by atoms with Gasteiger partial charge in [0, 0.05) is 36.4 Å². The molecule has 0 bridgehead atoms. The lowest BCUT2D eigenvalue weighted by Crippen LogP contribution is -2.34. The van der Waals surface area contributed by atoms with Gasteiger partial charge >= 0.3 is 0 Å². The molecular weight excluding hydrogens is 370 g/mol. The van der Waals surface area contributed by atoms with Crippen LogP contribution in [-0.2, 0) is 11.3 Å². The number of benzene rings is 2. The highest BCUT2D eigenvalue weighted by Gasteiger charge is 2.31. The fourth-order valence-corrected chi connectivity index (χ4v) is 3.25. The Balaban J connectivity index is 1.68. The van der Waals surface area contributed by atoms with Crippen LogP contribution < -0.4 is 20.1 Å². The molecule has 0 heterocycles. The predicted octanol–water partition coefficient (Wildman–Crippen LogP) is 2.67. The molecule has 154 valence electrons. The molecule has 2 aromatic carbocycles. The summed E-state index contributed by atoms with van der Waals surface area (Å²) in [7, 11) is 4.84. The predicted molar refractivity (Wildman–Crippen MR) is 111 cm³/mol. The molecule has 0 radical (unpaired) electrons. The molecule has 2 amide bonds. The second kappa shape index (κ2) is 9.43. The number of anilines is 1. The Labute approximate surface area is 171 Å². The lowest BCUT2D eigenvalue weighted by molar-refractivity contribution is -0.117. The van der Waals surface area contributed by atoms with Crippen LogP contribution in [0.4, 0.5) is 5.69 Å². The van der Waals surface area contributed by atoms with Crippen LogP contribution >= 0.6 is 0 Å². The van der Waals surface area contributed by atoms with Crippen molar-refractivity contribution < 1.29 is 19.1 Å². The summed E-state index contributed by atoms with van der Waals surface area (Å²) in [5, 5.41) is 5.48. The van der Waals surface area contributed by atoms with E-state index in [2.05, 4.69) is 15.5 Å². The molecule has 0 unspecified atom stereocenters. The van der Waals surface area contributed by atoms with E-state index in [4.69, 9.17) is 9.47 Å². The maximum absolute atomic E-state index is 12.7. The molecule has 2 aromatic rings. The molecule has 29 heavy (non-hydrogen) atoms. The third-order valence-electron chi connectivity index (χ3n) is 4.91. The van der Waals surface area contributed by atoms with E-state index in [9.17, 15) is 9.59 Å². The number of nitrogens with zero attached hydrogens (tertiary/aromatic N) is 1. The average molecular weight is 397 g/mol. The van der Waals surface area contributed by atoms with Gasteiger partial charge in [-0.3, -0.25) is 14.5 Å². The number of rotatable bonds is 9. The van der Waals surface area contributed by atoms with E-state index < -0.39 is 0 Å². The number of hydrogen-bond acceptors (Lipinski definition) is 5. The van der Waals surface area contributed by atoms with Crippen molar-refractivity contribution in [2.24, 2.45) is 0 Å². The van der Waals surface area contributed by atoms with Gasteiger partial charge in [-0.1, -0.05) is 6.07 Å². The molecule has 7 heteroatoms. The van der Waals surface area contributed by atoms with Crippen LogP contribution in [0.5, 0.6) is 11.5 Å². The molecule has 0 aromatic heterocycles. The van der Waals surface area contributed by atoms with Gasteiger partial charge in [0.25, 0.3) is 5.91 Å². The highest BCUT2D eigenvalue weighted by Crippen LogP contribution is 2.31. The van der Waals surface area contributed by atoms with Gasteiger partial charge < -0.3 is 20.1 Å². The monoisotopic (exact) mass is 397 g/mol. The molecule has 3 rings (SSSR count). The third-order valence-corrected chi connectivity index (χ3v) is 4.91. The molecule has 0 atom stereocenters. The van der Waals surface area contributed by atoms with Gasteiger partial charge in [-0.05, 0) is 49.2 Å². The van der Waals surface area contributed by atoms with Crippen LogP contribution in [0.1, 0.15) is 28.8 Å². The molecule has 7 nitrogen and oxygen atoms in total. The van der Waals surface area contributed by atoms with Crippen LogP contribution in [0.25, 0.3) is 0 Å². The Morgan fingerprint density at radius 1 is 1.10 bits per heavy atom. The van der Waals surface area contributed by atoms with Gasteiger partial charge in [0.15, 0.2) is 0 Å². The van der Waals surface area contributed by atoms with Crippen LogP contribution in [-0.4, -0.2) is 50.6 Å². The Morgan fingerprint density at radius 3 is 2.55 bits per heavy atom. The van der Waals surface area contributed by atoms with E-state index in [1.165, 1.54) is 0 Å². The number of amides is 2. The van der Waals surface area contributed by atoms with Crippen LogP contribution in [0, 0.1) is 0 Å². The number of nitrogens with one attached hydrogen (secondary N) is 2. The zero-order chi connectivity index (χ0) is 20.8. The van der Waals surface area contributed by atoms with Gasteiger partial charge in [-0.25, -0.2) is 0 Å². The van der Waals surface area contributed by atoms with Crippen molar-refractivity contribution in [2.75, 3.05) is 33.1 Å². The van der Waals surface area contributed by atoms with Gasteiger partial charge in [0.2, 0.25) is 5.91 Å². The number of carbonyl (C=O) groups is 2. The largest absolute Gasteiger partial charge is 0.497 e. The molecule has 1 aliphatic rings. The fraction of sp³-hybridized carbons (Fsp3) is 0.364. The lowest BCUT2D eigenvalue weighted by atomic mass is 10.1. The first-order valence-corrected chi connectivity index (χ1v) is 9.61. The van der Waals surface area contributed by atoms with E-state index >= 15 is 0 Å². The topological polar surface area (TPSA) is 79.9 Å². The number of methoxy groups -OCH3 is 2. The minimum absolute atomic E-state index is 0.118. The Morgan fingerprint density at radius 2 is 1.90 bits per heavy atom. The smallest absolute Gasteiger partial charge is 0.251 e. The average Bonchev–Trinajstić information content (AvgIpc) is 3.58. The number of hydrogen-bond donors (Lipinski definition) is 2. The fourth-order valence-electron chi connectivity index (χ4n) is 3.25. The molecule has 1 aliphatic carbocycles. The van der Waals surface area contributed by atoms with Gasteiger partial charge in [0.05, 0.1) is 20.8 Å². The normalized spacial score (nSPS) is 13.1. The van der Waals surface area contributed by atoms with Crippen molar-refractivity contribution in [3.05, 3.63) is 53.6 Å². The maximum Gasteiger partial charge on any atom is 0.251 e. The Kier molecular flexibility index (Phi) is 6.72. The van der Waals surface area contributed by atoms with E-state index in [0.29, 0.717) is 23.8 Å². The third kappa shape index (κ3) is 5.48. The first-order valence-electron chi connectivity index (χ1n) is 9.61. The summed E-state index contributed by atoms with van der Waals surface area (Å²) in [6, 6.07) is 13.0. The number of carbonyl (C=O) groups excluding carboxylic acids is 2. The first-order chi connectivity index (χ1) is 14.0. The quantitative estimate of drug-likeness (QED) is 0.680. The summed E-state index contributed by atoms with van der Waals surface area (Å²) < 4.78 is 10.8. The second-order valence-corrected chi connectivity index (χ2v) is 7.02. The maximum atomic E-state index is 12.7. The van der Waals surface area contributed by atoms with Crippen molar-refractivity contribution >= 4 is 17.5 Å². The SMILES string of the molecule is CNC(=O)c1cccc(NC(=O)CN(Cc2cc(OC)ccc2OC)C2CC2)c1. The highest BCUT2D eigenvalue weighted by molar-refractivity contribution is 5.97.